The number of ether oxygens (including phenoxy) is 2. The van der Waals surface area contributed by atoms with Crippen LogP contribution in [-0.2, 0) is 19.1 Å². The van der Waals surface area contributed by atoms with Crippen LogP contribution >= 0.6 is 0 Å². The van der Waals surface area contributed by atoms with Crippen LogP contribution in [0.1, 0.15) is 31.2 Å². The fourth-order valence-electron chi connectivity index (χ4n) is 2.72. The number of nitrogens with zero attached hydrogens (tertiary/aromatic N) is 1. The first-order chi connectivity index (χ1) is 12.2. The van der Waals surface area contributed by atoms with Crippen LogP contribution in [0.2, 0.25) is 0 Å². The van der Waals surface area contributed by atoms with Gasteiger partial charge in [-0.1, -0.05) is 42.8 Å². The molecule has 0 bridgehead atoms. The van der Waals surface area contributed by atoms with E-state index in [1.807, 2.05) is 36.4 Å². The third-order valence-corrected chi connectivity index (χ3v) is 4.06. The van der Waals surface area contributed by atoms with Gasteiger partial charge < -0.3 is 14.4 Å². The van der Waals surface area contributed by atoms with Crippen LogP contribution < -0.4 is 0 Å². The lowest BCUT2D eigenvalue weighted by atomic mass is 10.1. The minimum Gasteiger partial charge on any atom is -0.461 e. The number of hydrogen-bond acceptors (Lipinski definition) is 5. The van der Waals surface area contributed by atoms with Crippen LogP contribution in [0.5, 0.6) is 0 Å². The molecule has 0 amide bonds. The molecule has 1 aliphatic heterocycles. The van der Waals surface area contributed by atoms with Crippen molar-refractivity contribution in [1.82, 2.24) is 4.90 Å². The van der Waals surface area contributed by atoms with Crippen LogP contribution in [-0.4, -0.2) is 56.1 Å². The van der Waals surface area contributed by atoms with Crippen molar-refractivity contribution < 1.29 is 19.1 Å². The maximum atomic E-state index is 11.7. The van der Waals surface area contributed by atoms with E-state index in [0.717, 1.165) is 25.2 Å². The Bertz CT molecular complexity index is 550. The predicted octanol–water partition coefficient (Wildman–Crippen LogP) is 2.70. The number of likely N-dealkylation sites (tertiary alicyclic amines) is 1. The molecule has 0 saturated carbocycles. The summed E-state index contributed by atoms with van der Waals surface area (Å²) in [5.74, 6) is -0.752. The number of benzene rings is 1. The van der Waals surface area contributed by atoms with Crippen molar-refractivity contribution in [3.05, 3.63) is 42.0 Å². The van der Waals surface area contributed by atoms with Gasteiger partial charge in [0.25, 0.3) is 0 Å². The van der Waals surface area contributed by atoms with Gasteiger partial charge in [-0.15, -0.1) is 0 Å². The smallest absolute Gasteiger partial charge is 0.313 e. The normalized spacial score (nSPS) is 15.4. The molecule has 0 aromatic heterocycles. The molecule has 0 unspecified atom stereocenters. The van der Waals surface area contributed by atoms with E-state index in [-0.39, 0.29) is 25.4 Å². The Morgan fingerprint density at radius 3 is 2.60 bits per heavy atom. The van der Waals surface area contributed by atoms with E-state index >= 15 is 0 Å². The molecule has 0 radical (unpaired) electrons. The summed E-state index contributed by atoms with van der Waals surface area (Å²) in [4.78, 5) is 25.7. The highest BCUT2D eigenvalue weighted by Crippen LogP contribution is 2.07. The molecule has 5 heteroatoms. The number of piperidine rings is 1. The third-order valence-electron chi connectivity index (χ3n) is 4.06. The molecule has 1 fully saturated rings. The van der Waals surface area contributed by atoms with Gasteiger partial charge in [-0.2, -0.15) is 0 Å². The summed E-state index contributed by atoms with van der Waals surface area (Å²) >= 11 is 0. The minimum absolute atomic E-state index is 0.0250. The molecule has 0 atom stereocenters. The monoisotopic (exact) mass is 345 g/mol. The van der Waals surface area contributed by atoms with E-state index in [1.165, 1.54) is 19.3 Å². The summed E-state index contributed by atoms with van der Waals surface area (Å²) in [5.41, 5.74) is 1.04. The molecule has 0 aliphatic carbocycles. The lowest BCUT2D eigenvalue weighted by Gasteiger charge is -2.25. The number of Topliss-reactive ketones (excluding diaryl/α,β-unsaturated/α-hetero) is 1. The Labute approximate surface area is 149 Å². The lowest BCUT2D eigenvalue weighted by Crippen LogP contribution is -2.33. The Morgan fingerprint density at radius 2 is 1.84 bits per heavy atom. The quantitative estimate of drug-likeness (QED) is 0.371. The number of rotatable bonds is 10. The van der Waals surface area contributed by atoms with Crippen molar-refractivity contribution in [1.29, 1.82) is 0 Å². The Hall–Kier alpha value is -1.98. The van der Waals surface area contributed by atoms with Crippen LogP contribution in [0.3, 0.4) is 0 Å². The molecule has 0 spiro atoms. The standard InChI is InChI=1S/C20H27NO4/c22-19(17-24-15-13-21-11-5-2-6-12-21)16-20(23)25-14-7-10-18-8-3-1-4-9-18/h1,3-4,7-10H,2,5-6,11-17H2. The molecule has 136 valence electrons. The van der Waals surface area contributed by atoms with E-state index in [0.29, 0.717) is 6.61 Å². The first kappa shape index (κ1) is 19.3. The average molecular weight is 345 g/mol. The summed E-state index contributed by atoms with van der Waals surface area (Å²) in [7, 11) is 0. The van der Waals surface area contributed by atoms with Crippen molar-refractivity contribution >= 4 is 17.8 Å². The zero-order valence-electron chi connectivity index (χ0n) is 14.7. The van der Waals surface area contributed by atoms with Crippen molar-refractivity contribution in [3.8, 4) is 0 Å². The molecular formula is C20H27NO4. The molecule has 1 saturated heterocycles. The topological polar surface area (TPSA) is 55.8 Å². The first-order valence-corrected chi connectivity index (χ1v) is 8.93. The van der Waals surface area contributed by atoms with Gasteiger partial charge in [0.15, 0.2) is 5.78 Å². The second-order valence-electron chi connectivity index (χ2n) is 6.17. The zero-order valence-corrected chi connectivity index (χ0v) is 14.7. The van der Waals surface area contributed by atoms with Gasteiger partial charge in [0.1, 0.15) is 19.6 Å². The second-order valence-corrected chi connectivity index (χ2v) is 6.17. The minimum atomic E-state index is -0.512. The molecule has 2 rings (SSSR count). The highest BCUT2D eigenvalue weighted by molar-refractivity contribution is 5.96. The molecule has 1 aliphatic rings. The van der Waals surface area contributed by atoms with Crippen LogP contribution in [0.4, 0.5) is 0 Å². The number of carbonyl (C=O) groups excluding carboxylic acids is 2. The lowest BCUT2D eigenvalue weighted by molar-refractivity contribution is -0.145. The van der Waals surface area contributed by atoms with E-state index in [9.17, 15) is 9.59 Å². The van der Waals surface area contributed by atoms with Gasteiger partial charge in [-0.05, 0) is 37.6 Å². The van der Waals surface area contributed by atoms with Gasteiger partial charge in [0.05, 0.1) is 6.61 Å². The number of ketones is 1. The van der Waals surface area contributed by atoms with E-state index in [1.54, 1.807) is 6.08 Å². The second kappa shape index (κ2) is 11.6. The maximum Gasteiger partial charge on any atom is 0.313 e. The predicted molar refractivity (Wildman–Crippen MR) is 97.2 cm³/mol. The third kappa shape index (κ3) is 8.61. The molecule has 5 nitrogen and oxygen atoms in total. The van der Waals surface area contributed by atoms with E-state index in [4.69, 9.17) is 9.47 Å². The summed E-state index contributed by atoms with van der Waals surface area (Å²) in [6.07, 6.45) is 7.18. The van der Waals surface area contributed by atoms with Crippen molar-refractivity contribution in [2.24, 2.45) is 0 Å². The average Bonchev–Trinajstić information content (AvgIpc) is 2.64. The van der Waals surface area contributed by atoms with Gasteiger partial charge in [0.2, 0.25) is 0 Å². The summed E-state index contributed by atoms with van der Waals surface area (Å²) < 4.78 is 10.4. The highest BCUT2D eigenvalue weighted by Gasteiger charge is 2.12. The Morgan fingerprint density at radius 1 is 1.08 bits per heavy atom. The summed E-state index contributed by atoms with van der Waals surface area (Å²) in [5, 5.41) is 0. The molecule has 1 aromatic rings. The van der Waals surface area contributed by atoms with Crippen molar-refractivity contribution in [2.75, 3.05) is 39.5 Å². The fourth-order valence-corrected chi connectivity index (χ4v) is 2.72. The fraction of sp³-hybridized carbons (Fsp3) is 0.500. The van der Waals surface area contributed by atoms with Gasteiger partial charge in [-0.3, -0.25) is 9.59 Å². The van der Waals surface area contributed by atoms with Crippen LogP contribution in [0.25, 0.3) is 6.08 Å². The first-order valence-electron chi connectivity index (χ1n) is 8.93. The molecule has 25 heavy (non-hydrogen) atoms. The summed E-state index contributed by atoms with van der Waals surface area (Å²) in [6, 6.07) is 9.75. The number of esters is 1. The number of carbonyl (C=O) groups is 2. The molecule has 0 N–H and O–H groups in total. The van der Waals surface area contributed by atoms with Crippen LogP contribution in [0, 0.1) is 0 Å². The largest absolute Gasteiger partial charge is 0.461 e. The number of hydrogen-bond donors (Lipinski definition) is 0. The van der Waals surface area contributed by atoms with E-state index < -0.39 is 5.97 Å². The zero-order chi connectivity index (χ0) is 17.7. The molecular weight excluding hydrogens is 318 g/mol. The highest BCUT2D eigenvalue weighted by atomic mass is 16.5. The van der Waals surface area contributed by atoms with Crippen molar-refractivity contribution in [2.45, 2.75) is 25.7 Å². The maximum absolute atomic E-state index is 11.7. The van der Waals surface area contributed by atoms with E-state index in [2.05, 4.69) is 4.90 Å². The van der Waals surface area contributed by atoms with Crippen molar-refractivity contribution in [3.63, 3.8) is 0 Å². The molecule has 1 aromatic carbocycles. The molecule has 1 heterocycles. The van der Waals surface area contributed by atoms with Crippen LogP contribution in [0.15, 0.2) is 36.4 Å². The summed E-state index contributed by atoms with van der Waals surface area (Å²) in [6.45, 7) is 3.74. The SMILES string of the molecule is O=C(COCCN1CCCCC1)CC(=O)OCC=Cc1ccccc1. The Kier molecular flexibility index (Phi) is 8.94. The van der Waals surface area contributed by atoms with Gasteiger partial charge in [-0.25, -0.2) is 0 Å². The van der Waals surface area contributed by atoms with Gasteiger partial charge >= 0.3 is 5.97 Å². The Balaban J connectivity index is 1.51. The van der Waals surface area contributed by atoms with Gasteiger partial charge in [0, 0.05) is 6.54 Å².